The lowest BCUT2D eigenvalue weighted by molar-refractivity contribution is -0.0349. The number of rotatable bonds is 4. The van der Waals surface area contributed by atoms with Gasteiger partial charge in [-0.3, -0.25) is 9.80 Å². The van der Waals surface area contributed by atoms with Crippen molar-refractivity contribution in [3.63, 3.8) is 0 Å². The molecule has 23 heavy (non-hydrogen) atoms. The minimum Gasteiger partial charge on any atom is -0.395 e. The van der Waals surface area contributed by atoms with Crippen LogP contribution in [0.25, 0.3) is 0 Å². The van der Waals surface area contributed by atoms with E-state index in [1.807, 2.05) is 0 Å². The van der Waals surface area contributed by atoms with Crippen LogP contribution in [0.3, 0.4) is 0 Å². The molecule has 0 amide bonds. The molecule has 4 nitrogen and oxygen atoms in total. The van der Waals surface area contributed by atoms with Crippen LogP contribution >= 0.6 is 0 Å². The number of likely N-dealkylation sites (tertiary alicyclic amines) is 1. The average molecular weight is 316 g/mol. The number of fused-ring (bicyclic) bond motifs is 2. The predicted molar refractivity (Wildman–Crippen MR) is 90.5 cm³/mol. The zero-order valence-electron chi connectivity index (χ0n) is 13.9. The summed E-state index contributed by atoms with van der Waals surface area (Å²) in [5.74, 6) is 1.21. The molecule has 0 radical (unpaired) electrons. The second-order valence-electron chi connectivity index (χ2n) is 7.59. The quantitative estimate of drug-likeness (QED) is 0.877. The molecule has 5 rings (SSSR count). The summed E-state index contributed by atoms with van der Waals surface area (Å²) in [4.78, 5) is 5.09. The fourth-order valence-corrected chi connectivity index (χ4v) is 5.25. The van der Waals surface area contributed by atoms with Crippen molar-refractivity contribution in [1.29, 1.82) is 0 Å². The zero-order valence-corrected chi connectivity index (χ0v) is 13.9. The van der Waals surface area contributed by atoms with Crippen LogP contribution in [0.1, 0.15) is 29.9 Å². The third kappa shape index (κ3) is 2.52. The van der Waals surface area contributed by atoms with Gasteiger partial charge in [0, 0.05) is 24.5 Å². The molecular formula is C19H28N2O2. The smallest absolute Gasteiger partial charge is 0.0609 e. The van der Waals surface area contributed by atoms with E-state index in [0.29, 0.717) is 18.0 Å². The molecular weight excluding hydrogens is 288 g/mol. The Morgan fingerprint density at radius 1 is 1.04 bits per heavy atom. The SMILES string of the molecule is Cc1ccc([C@@H]2CN(C(CO)CO)[C@@H]3C4CCN(CC4)[C@@H]32)cc1. The molecule has 1 aromatic carbocycles. The van der Waals surface area contributed by atoms with Gasteiger partial charge in [0.05, 0.1) is 19.3 Å². The van der Waals surface area contributed by atoms with Gasteiger partial charge in [-0.05, 0) is 44.3 Å². The molecule has 4 saturated heterocycles. The van der Waals surface area contributed by atoms with Gasteiger partial charge in [-0.2, -0.15) is 0 Å². The highest BCUT2D eigenvalue weighted by molar-refractivity contribution is 5.30. The summed E-state index contributed by atoms with van der Waals surface area (Å²) in [6.07, 6.45) is 2.53. The molecule has 4 fully saturated rings. The van der Waals surface area contributed by atoms with Crippen LogP contribution in [0.5, 0.6) is 0 Å². The summed E-state index contributed by atoms with van der Waals surface area (Å²) in [6.45, 7) is 5.61. The van der Waals surface area contributed by atoms with Gasteiger partial charge in [0.15, 0.2) is 0 Å². The number of aliphatic hydroxyl groups excluding tert-OH is 2. The Morgan fingerprint density at radius 2 is 1.70 bits per heavy atom. The van der Waals surface area contributed by atoms with E-state index in [9.17, 15) is 10.2 Å². The topological polar surface area (TPSA) is 46.9 Å². The van der Waals surface area contributed by atoms with E-state index in [-0.39, 0.29) is 19.3 Å². The Balaban J connectivity index is 1.68. The Morgan fingerprint density at radius 3 is 2.30 bits per heavy atom. The van der Waals surface area contributed by atoms with Crippen LogP contribution in [0, 0.1) is 12.8 Å². The van der Waals surface area contributed by atoms with Crippen molar-refractivity contribution in [3.8, 4) is 0 Å². The fourth-order valence-electron chi connectivity index (χ4n) is 5.25. The molecule has 2 N–H and O–H groups in total. The first-order chi connectivity index (χ1) is 11.2. The highest BCUT2D eigenvalue weighted by Gasteiger charge is 2.54. The van der Waals surface area contributed by atoms with Gasteiger partial charge in [-0.1, -0.05) is 29.8 Å². The number of benzene rings is 1. The molecule has 4 aliphatic heterocycles. The van der Waals surface area contributed by atoms with Gasteiger partial charge in [0.1, 0.15) is 0 Å². The molecule has 2 bridgehead atoms. The van der Waals surface area contributed by atoms with E-state index in [4.69, 9.17) is 0 Å². The number of aryl methyl sites for hydroxylation is 1. The second kappa shape index (κ2) is 6.17. The molecule has 0 aliphatic carbocycles. The second-order valence-corrected chi connectivity index (χ2v) is 7.59. The van der Waals surface area contributed by atoms with E-state index >= 15 is 0 Å². The standard InChI is InChI=1S/C19H28N2O2/c1-13-2-4-14(5-3-13)17-10-21(16(11-22)12-23)18-15-6-8-20(9-7-15)19(17)18/h2-5,15-19,22-23H,6-12H2,1H3/t17-,18+,19+/m0/s1. The van der Waals surface area contributed by atoms with Crippen LogP contribution in [0.2, 0.25) is 0 Å². The van der Waals surface area contributed by atoms with Crippen molar-refractivity contribution in [2.75, 3.05) is 32.8 Å². The molecule has 4 aliphatic rings. The van der Waals surface area contributed by atoms with Gasteiger partial charge in [-0.15, -0.1) is 0 Å². The lowest BCUT2D eigenvalue weighted by Crippen LogP contribution is -2.61. The highest BCUT2D eigenvalue weighted by atomic mass is 16.3. The van der Waals surface area contributed by atoms with Crippen LogP contribution in [-0.4, -0.2) is 71.0 Å². The van der Waals surface area contributed by atoms with Crippen molar-refractivity contribution in [2.45, 2.75) is 43.8 Å². The van der Waals surface area contributed by atoms with Gasteiger partial charge in [-0.25, -0.2) is 0 Å². The first-order valence-electron chi connectivity index (χ1n) is 9.01. The minimum atomic E-state index is -0.113. The van der Waals surface area contributed by atoms with Crippen molar-refractivity contribution < 1.29 is 10.2 Å². The number of hydrogen-bond acceptors (Lipinski definition) is 4. The van der Waals surface area contributed by atoms with E-state index in [1.54, 1.807) is 0 Å². The monoisotopic (exact) mass is 316 g/mol. The van der Waals surface area contributed by atoms with E-state index in [0.717, 1.165) is 12.5 Å². The third-order valence-electron chi connectivity index (χ3n) is 6.43. The molecule has 0 spiro atoms. The molecule has 4 heterocycles. The fraction of sp³-hybridized carbons (Fsp3) is 0.684. The van der Waals surface area contributed by atoms with Crippen LogP contribution < -0.4 is 0 Å². The number of hydrogen-bond donors (Lipinski definition) is 2. The summed E-state index contributed by atoms with van der Waals surface area (Å²) < 4.78 is 0. The Hall–Kier alpha value is -0.940. The molecule has 4 heteroatoms. The van der Waals surface area contributed by atoms with Gasteiger partial charge in [0.25, 0.3) is 0 Å². The maximum absolute atomic E-state index is 9.72. The molecule has 126 valence electrons. The lowest BCUT2D eigenvalue weighted by atomic mass is 9.75. The summed E-state index contributed by atoms with van der Waals surface area (Å²) in [5.41, 5.74) is 2.71. The van der Waals surface area contributed by atoms with Crippen LogP contribution in [0.4, 0.5) is 0 Å². The molecule has 1 aromatic rings. The Bertz CT molecular complexity index is 535. The highest BCUT2D eigenvalue weighted by Crippen LogP contribution is 2.47. The van der Waals surface area contributed by atoms with Crippen LogP contribution in [0.15, 0.2) is 24.3 Å². The Labute approximate surface area is 138 Å². The van der Waals surface area contributed by atoms with Gasteiger partial charge < -0.3 is 10.2 Å². The normalized spacial score (nSPS) is 36.6. The zero-order chi connectivity index (χ0) is 16.0. The summed E-state index contributed by atoms with van der Waals surface area (Å²) in [5, 5.41) is 19.4. The van der Waals surface area contributed by atoms with E-state index < -0.39 is 0 Å². The largest absolute Gasteiger partial charge is 0.395 e. The lowest BCUT2D eigenvalue weighted by Gasteiger charge is -2.52. The van der Waals surface area contributed by atoms with Crippen molar-refractivity contribution in [2.24, 2.45) is 5.92 Å². The molecule has 0 saturated carbocycles. The minimum absolute atomic E-state index is 0.0487. The first-order valence-corrected chi connectivity index (χ1v) is 9.01. The van der Waals surface area contributed by atoms with Gasteiger partial charge >= 0.3 is 0 Å². The first kappa shape index (κ1) is 15.6. The summed E-state index contributed by atoms with van der Waals surface area (Å²) >= 11 is 0. The maximum Gasteiger partial charge on any atom is 0.0609 e. The van der Waals surface area contributed by atoms with E-state index in [2.05, 4.69) is 41.0 Å². The number of nitrogens with zero attached hydrogens (tertiary/aromatic N) is 2. The number of aliphatic hydroxyl groups is 2. The Kier molecular flexibility index (Phi) is 4.18. The van der Waals surface area contributed by atoms with Crippen LogP contribution in [-0.2, 0) is 0 Å². The number of piperidine rings is 3. The molecule has 0 aromatic heterocycles. The predicted octanol–water partition coefficient (Wildman–Crippen LogP) is 1.21. The van der Waals surface area contributed by atoms with E-state index in [1.165, 1.54) is 37.1 Å². The van der Waals surface area contributed by atoms with Crippen molar-refractivity contribution in [3.05, 3.63) is 35.4 Å². The molecule has 0 unspecified atom stereocenters. The summed E-state index contributed by atoms with van der Waals surface area (Å²) in [7, 11) is 0. The third-order valence-corrected chi connectivity index (χ3v) is 6.43. The molecule has 3 atom stereocenters. The van der Waals surface area contributed by atoms with Crippen molar-refractivity contribution >= 4 is 0 Å². The summed E-state index contributed by atoms with van der Waals surface area (Å²) in [6, 6.07) is 9.89. The van der Waals surface area contributed by atoms with Gasteiger partial charge in [0.2, 0.25) is 0 Å². The maximum atomic E-state index is 9.72. The average Bonchev–Trinajstić information content (AvgIpc) is 3.01. The van der Waals surface area contributed by atoms with Crippen molar-refractivity contribution in [1.82, 2.24) is 9.80 Å².